The van der Waals surface area contributed by atoms with E-state index in [2.05, 4.69) is 15.4 Å². The summed E-state index contributed by atoms with van der Waals surface area (Å²) in [6, 6.07) is 12.1. The van der Waals surface area contributed by atoms with Crippen molar-refractivity contribution < 1.29 is 27.4 Å². The monoisotopic (exact) mass is 340 g/mol. The average molecular weight is 340 g/mol. The van der Waals surface area contributed by atoms with Crippen LogP contribution in [0.25, 0.3) is 0 Å². The summed E-state index contributed by atoms with van der Waals surface area (Å²) in [4.78, 5) is 11.9. The molecule has 0 aliphatic carbocycles. The highest BCUT2D eigenvalue weighted by Gasteiger charge is 2.32. The predicted molar refractivity (Wildman–Crippen MR) is 83.2 cm³/mol. The van der Waals surface area contributed by atoms with Crippen molar-refractivity contribution in [3.8, 4) is 11.5 Å². The molecule has 0 fully saturated rings. The summed E-state index contributed by atoms with van der Waals surface area (Å²) >= 11 is 0. The fourth-order valence-corrected chi connectivity index (χ4v) is 1.88. The zero-order valence-electron chi connectivity index (χ0n) is 12.7. The number of hydrogen-bond acceptors (Lipinski definition) is 4. The SMILES string of the molecule is COc1ccc(NC(=O)CNc2ccccc2OC(F)(F)F)cc1. The molecule has 1 amide bonds. The van der Waals surface area contributed by atoms with E-state index in [1.165, 1.54) is 25.3 Å². The molecule has 2 rings (SSSR count). The maximum atomic E-state index is 12.3. The van der Waals surface area contributed by atoms with E-state index in [1.54, 1.807) is 24.3 Å². The number of rotatable bonds is 6. The number of nitrogens with one attached hydrogen (secondary N) is 2. The van der Waals surface area contributed by atoms with Gasteiger partial charge in [-0.1, -0.05) is 12.1 Å². The van der Waals surface area contributed by atoms with Gasteiger partial charge in [0.25, 0.3) is 0 Å². The molecule has 0 unspecified atom stereocenters. The molecule has 2 N–H and O–H groups in total. The minimum absolute atomic E-state index is 0.0692. The third-order valence-corrected chi connectivity index (χ3v) is 2.93. The highest BCUT2D eigenvalue weighted by atomic mass is 19.4. The maximum absolute atomic E-state index is 12.3. The highest BCUT2D eigenvalue weighted by Crippen LogP contribution is 2.29. The van der Waals surface area contributed by atoms with Crippen LogP contribution in [0.4, 0.5) is 24.5 Å². The van der Waals surface area contributed by atoms with Crippen LogP contribution >= 0.6 is 0 Å². The molecule has 0 radical (unpaired) electrons. The minimum atomic E-state index is -4.80. The summed E-state index contributed by atoms with van der Waals surface area (Å²) in [5.41, 5.74) is 0.613. The summed E-state index contributed by atoms with van der Waals surface area (Å²) in [7, 11) is 1.53. The Balaban J connectivity index is 1.94. The van der Waals surface area contributed by atoms with E-state index in [0.717, 1.165) is 6.07 Å². The number of hydrogen-bond donors (Lipinski definition) is 2. The first-order valence-corrected chi connectivity index (χ1v) is 6.90. The number of methoxy groups -OCH3 is 1. The molecule has 128 valence electrons. The molecule has 0 aromatic heterocycles. The van der Waals surface area contributed by atoms with Gasteiger partial charge in [-0.25, -0.2) is 0 Å². The molecule has 0 saturated carbocycles. The zero-order chi connectivity index (χ0) is 17.6. The van der Waals surface area contributed by atoms with Crippen LogP contribution in [0, 0.1) is 0 Å². The number of carbonyl (C=O) groups is 1. The summed E-state index contributed by atoms with van der Waals surface area (Å²) in [5, 5.41) is 5.23. The largest absolute Gasteiger partial charge is 0.573 e. The van der Waals surface area contributed by atoms with Crippen LogP contribution in [-0.2, 0) is 4.79 Å². The summed E-state index contributed by atoms with van der Waals surface area (Å²) in [6.45, 7) is -0.218. The van der Waals surface area contributed by atoms with Crippen molar-refractivity contribution >= 4 is 17.3 Å². The van der Waals surface area contributed by atoms with Crippen LogP contribution in [0.5, 0.6) is 11.5 Å². The second-order valence-electron chi connectivity index (χ2n) is 4.67. The predicted octanol–water partition coefficient (Wildman–Crippen LogP) is 3.64. The van der Waals surface area contributed by atoms with Gasteiger partial charge in [-0.3, -0.25) is 4.79 Å². The van der Waals surface area contributed by atoms with Crippen LogP contribution in [0.3, 0.4) is 0 Å². The smallest absolute Gasteiger partial charge is 0.497 e. The summed E-state index contributed by atoms with van der Waals surface area (Å²) in [5.74, 6) is -0.173. The molecule has 0 saturated heterocycles. The molecular formula is C16H15F3N2O3. The van der Waals surface area contributed by atoms with Gasteiger partial charge in [-0.15, -0.1) is 13.2 Å². The van der Waals surface area contributed by atoms with E-state index in [4.69, 9.17) is 4.74 Å². The molecule has 24 heavy (non-hydrogen) atoms. The van der Waals surface area contributed by atoms with Crippen LogP contribution in [0.15, 0.2) is 48.5 Å². The van der Waals surface area contributed by atoms with Crippen molar-refractivity contribution in [3.63, 3.8) is 0 Å². The van der Waals surface area contributed by atoms with Crippen LogP contribution in [-0.4, -0.2) is 25.9 Å². The Morgan fingerprint density at radius 3 is 2.38 bits per heavy atom. The molecule has 2 aromatic rings. The van der Waals surface area contributed by atoms with Crippen LogP contribution < -0.4 is 20.1 Å². The number of anilines is 2. The topological polar surface area (TPSA) is 59.6 Å². The van der Waals surface area contributed by atoms with E-state index in [-0.39, 0.29) is 12.2 Å². The number of amides is 1. The van der Waals surface area contributed by atoms with Gasteiger partial charge in [0.1, 0.15) is 5.75 Å². The number of carbonyl (C=O) groups excluding carboxylic acids is 1. The number of ether oxygens (including phenoxy) is 2. The minimum Gasteiger partial charge on any atom is -0.497 e. The van der Waals surface area contributed by atoms with Gasteiger partial charge in [-0.05, 0) is 36.4 Å². The van der Waals surface area contributed by atoms with E-state index in [1.807, 2.05) is 0 Å². The summed E-state index contributed by atoms with van der Waals surface area (Å²) in [6.07, 6.45) is -4.80. The quantitative estimate of drug-likeness (QED) is 0.843. The first-order valence-electron chi connectivity index (χ1n) is 6.90. The Labute approximate surface area is 136 Å². The second-order valence-corrected chi connectivity index (χ2v) is 4.67. The molecule has 2 aromatic carbocycles. The third kappa shape index (κ3) is 5.38. The number of halogens is 3. The number of para-hydroxylation sites is 2. The molecule has 0 aliphatic heterocycles. The molecule has 0 spiro atoms. The molecule has 0 bridgehead atoms. The fraction of sp³-hybridized carbons (Fsp3) is 0.188. The highest BCUT2D eigenvalue weighted by molar-refractivity contribution is 5.94. The van der Waals surface area contributed by atoms with E-state index < -0.39 is 18.0 Å². The van der Waals surface area contributed by atoms with Crippen LogP contribution in [0.1, 0.15) is 0 Å². The Hall–Kier alpha value is -2.90. The lowest BCUT2D eigenvalue weighted by Crippen LogP contribution is -2.23. The van der Waals surface area contributed by atoms with Crippen molar-refractivity contribution in [1.82, 2.24) is 0 Å². The van der Waals surface area contributed by atoms with Gasteiger partial charge in [0, 0.05) is 5.69 Å². The molecule has 0 heterocycles. The molecule has 0 aliphatic rings. The maximum Gasteiger partial charge on any atom is 0.573 e. The van der Waals surface area contributed by atoms with Crippen molar-refractivity contribution in [1.29, 1.82) is 0 Å². The lowest BCUT2D eigenvalue weighted by atomic mass is 10.3. The third-order valence-electron chi connectivity index (χ3n) is 2.93. The Bertz CT molecular complexity index is 688. The van der Waals surface area contributed by atoms with Gasteiger partial charge in [-0.2, -0.15) is 0 Å². The van der Waals surface area contributed by atoms with Gasteiger partial charge < -0.3 is 20.1 Å². The number of alkyl halides is 3. The molecule has 0 atom stereocenters. The fourth-order valence-electron chi connectivity index (χ4n) is 1.88. The van der Waals surface area contributed by atoms with Gasteiger partial charge in [0.2, 0.25) is 5.91 Å². The molecule has 5 nitrogen and oxygen atoms in total. The van der Waals surface area contributed by atoms with Gasteiger partial charge in [0.15, 0.2) is 5.75 Å². The number of benzene rings is 2. The summed E-state index contributed by atoms with van der Waals surface area (Å²) < 4.78 is 45.9. The van der Waals surface area contributed by atoms with E-state index >= 15 is 0 Å². The Morgan fingerprint density at radius 1 is 1.08 bits per heavy atom. The average Bonchev–Trinajstić information content (AvgIpc) is 2.53. The van der Waals surface area contributed by atoms with Crippen molar-refractivity contribution in [2.24, 2.45) is 0 Å². The Kier molecular flexibility index (Phi) is 5.51. The standard InChI is InChI=1S/C16H15F3N2O3/c1-23-12-8-6-11(7-9-12)21-15(22)10-20-13-4-2-3-5-14(13)24-16(17,18)19/h2-9,20H,10H2,1H3,(H,21,22). The lowest BCUT2D eigenvalue weighted by molar-refractivity contribution is -0.274. The second kappa shape index (κ2) is 7.58. The first-order chi connectivity index (χ1) is 11.4. The van der Waals surface area contributed by atoms with Crippen molar-refractivity contribution in [3.05, 3.63) is 48.5 Å². The van der Waals surface area contributed by atoms with Crippen molar-refractivity contribution in [2.75, 3.05) is 24.3 Å². The molecular weight excluding hydrogens is 325 g/mol. The van der Waals surface area contributed by atoms with E-state index in [9.17, 15) is 18.0 Å². The van der Waals surface area contributed by atoms with Crippen LogP contribution in [0.2, 0.25) is 0 Å². The van der Waals surface area contributed by atoms with E-state index in [0.29, 0.717) is 11.4 Å². The molecule has 8 heteroatoms. The van der Waals surface area contributed by atoms with Crippen molar-refractivity contribution in [2.45, 2.75) is 6.36 Å². The lowest BCUT2D eigenvalue weighted by Gasteiger charge is -2.14. The Morgan fingerprint density at radius 2 is 1.75 bits per heavy atom. The zero-order valence-corrected chi connectivity index (χ0v) is 12.7. The van der Waals surface area contributed by atoms with Gasteiger partial charge >= 0.3 is 6.36 Å². The first kappa shape index (κ1) is 17.5. The van der Waals surface area contributed by atoms with Gasteiger partial charge in [0.05, 0.1) is 19.3 Å². The normalized spacial score (nSPS) is 10.8.